The van der Waals surface area contributed by atoms with Crippen molar-refractivity contribution in [2.45, 2.75) is 26.7 Å². The lowest BCUT2D eigenvalue weighted by molar-refractivity contribution is -0.143. The van der Waals surface area contributed by atoms with Gasteiger partial charge in [-0.15, -0.1) is 0 Å². The van der Waals surface area contributed by atoms with E-state index in [-0.39, 0.29) is 18.9 Å². The zero-order chi connectivity index (χ0) is 17.2. The monoisotopic (exact) mass is 385 g/mol. The maximum atomic E-state index is 12.6. The van der Waals surface area contributed by atoms with Gasteiger partial charge in [-0.2, -0.15) is 0 Å². The van der Waals surface area contributed by atoms with Crippen molar-refractivity contribution < 1.29 is 19.4 Å². The van der Waals surface area contributed by atoms with Gasteiger partial charge in [0.15, 0.2) is 0 Å². The molecule has 0 fully saturated rings. The molecule has 0 aliphatic heterocycles. The third kappa shape index (κ3) is 7.14. The minimum absolute atomic E-state index is 0.0681. The SMILES string of the molecule is CCOCCCN(CC(C)C(=O)O)C(=O)Cc1ccccc1Br. The quantitative estimate of drug-likeness (QED) is 0.628. The molecule has 1 aromatic rings. The summed E-state index contributed by atoms with van der Waals surface area (Å²) < 4.78 is 6.17. The number of carboxylic acids is 1. The second-order valence-electron chi connectivity index (χ2n) is 5.40. The molecule has 5 nitrogen and oxygen atoms in total. The number of carbonyl (C=O) groups is 2. The molecule has 0 saturated heterocycles. The highest BCUT2D eigenvalue weighted by atomic mass is 79.9. The van der Waals surface area contributed by atoms with Crippen LogP contribution in [0, 0.1) is 5.92 Å². The summed E-state index contributed by atoms with van der Waals surface area (Å²) in [6.45, 7) is 5.45. The van der Waals surface area contributed by atoms with Crippen LogP contribution in [-0.4, -0.2) is 48.2 Å². The molecule has 0 aromatic heterocycles. The summed E-state index contributed by atoms with van der Waals surface area (Å²) in [5, 5.41) is 9.09. The van der Waals surface area contributed by atoms with E-state index in [1.165, 1.54) is 0 Å². The van der Waals surface area contributed by atoms with Crippen LogP contribution in [0.4, 0.5) is 0 Å². The topological polar surface area (TPSA) is 66.8 Å². The maximum absolute atomic E-state index is 12.6. The average molecular weight is 386 g/mol. The summed E-state index contributed by atoms with van der Waals surface area (Å²) in [5.74, 6) is -1.56. The minimum Gasteiger partial charge on any atom is -0.481 e. The van der Waals surface area contributed by atoms with Gasteiger partial charge in [-0.05, 0) is 25.0 Å². The van der Waals surface area contributed by atoms with Crippen LogP contribution in [-0.2, 0) is 20.7 Å². The lowest BCUT2D eigenvalue weighted by Gasteiger charge is -2.25. The van der Waals surface area contributed by atoms with Gasteiger partial charge in [-0.1, -0.05) is 41.1 Å². The first kappa shape index (κ1) is 19.6. The van der Waals surface area contributed by atoms with Gasteiger partial charge in [0.1, 0.15) is 0 Å². The Morgan fingerprint density at radius 3 is 2.65 bits per heavy atom. The molecular weight excluding hydrogens is 362 g/mol. The Morgan fingerprint density at radius 2 is 2.04 bits per heavy atom. The Hall–Kier alpha value is -1.40. The number of carbonyl (C=O) groups excluding carboxylic acids is 1. The highest BCUT2D eigenvalue weighted by Crippen LogP contribution is 2.17. The minimum atomic E-state index is -0.895. The van der Waals surface area contributed by atoms with Gasteiger partial charge in [0, 0.05) is 30.8 Å². The van der Waals surface area contributed by atoms with E-state index in [1.54, 1.807) is 11.8 Å². The fourth-order valence-electron chi connectivity index (χ4n) is 2.14. The molecule has 1 atom stereocenters. The van der Waals surface area contributed by atoms with E-state index in [0.29, 0.717) is 26.2 Å². The first-order chi connectivity index (χ1) is 11.0. The zero-order valence-corrected chi connectivity index (χ0v) is 15.2. The summed E-state index contributed by atoms with van der Waals surface area (Å²) in [6.07, 6.45) is 0.949. The van der Waals surface area contributed by atoms with E-state index >= 15 is 0 Å². The van der Waals surface area contributed by atoms with Gasteiger partial charge < -0.3 is 14.7 Å². The normalized spacial score (nSPS) is 12.0. The van der Waals surface area contributed by atoms with E-state index in [2.05, 4.69) is 15.9 Å². The third-order valence-electron chi connectivity index (χ3n) is 3.49. The lowest BCUT2D eigenvalue weighted by atomic mass is 10.1. The van der Waals surface area contributed by atoms with Crippen molar-refractivity contribution in [2.75, 3.05) is 26.3 Å². The van der Waals surface area contributed by atoms with Gasteiger partial charge in [-0.25, -0.2) is 0 Å². The molecule has 1 N–H and O–H groups in total. The Balaban J connectivity index is 2.70. The molecule has 6 heteroatoms. The molecule has 0 aliphatic rings. The van der Waals surface area contributed by atoms with Crippen molar-refractivity contribution >= 4 is 27.8 Å². The largest absolute Gasteiger partial charge is 0.481 e. The number of rotatable bonds is 10. The summed E-state index contributed by atoms with van der Waals surface area (Å²) >= 11 is 3.44. The van der Waals surface area contributed by atoms with Crippen LogP contribution in [0.15, 0.2) is 28.7 Å². The molecule has 23 heavy (non-hydrogen) atoms. The Bertz CT molecular complexity index is 521. The van der Waals surface area contributed by atoms with Gasteiger partial charge >= 0.3 is 5.97 Å². The summed E-state index contributed by atoms with van der Waals surface area (Å²) in [6, 6.07) is 7.56. The third-order valence-corrected chi connectivity index (χ3v) is 4.26. The smallest absolute Gasteiger partial charge is 0.308 e. The Morgan fingerprint density at radius 1 is 1.35 bits per heavy atom. The van der Waals surface area contributed by atoms with Crippen molar-refractivity contribution in [3.05, 3.63) is 34.3 Å². The summed E-state index contributed by atoms with van der Waals surface area (Å²) in [5.41, 5.74) is 0.898. The zero-order valence-electron chi connectivity index (χ0n) is 13.6. The Kier molecular flexibility index (Phi) is 8.87. The highest BCUT2D eigenvalue weighted by molar-refractivity contribution is 9.10. The predicted octanol–water partition coefficient (Wildman–Crippen LogP) is 2.97. The number of amides is 1. The molecule has 128 valence electrons. The number of aliphatic carboxylic acids is 1. The van der Waals surface area contributed by atoms with E-state index in [0.717, 1.165) is 10.0 Å². The van der Waals surface area contributed by atoms with Gasteiger partial charge in [0.2, 0.25) is 5.91 Å². The van der Waals surface area contributed by atoms with E-state index in [1.807, 2.05) is 31.2 Å². The number of carboxylic acid groups (broad SMARTS) is 1. The van der Waals surface area contributed by atoms with Crippen LogP contribution in [0.5, 0.6) is 0 Å². The molecular formula is C17H24BrNO4. The van der Waals surface area contributed by atoms with Crippen LogP contribution in [0.2, 0.25) is 0 Å². The first-order valence-electron chi connectivity index (χ1n) is 7.77. The standard InChI is InChI=1S/C17H24BrNO4/c1-3-23-10-6-9-19(12-13(2)17(21)22)16(20)11-14-7-4-5-8-15(14)18/h4-5,7-8,13H,3,6,9-12H2,1-2H3,(H,21,22). The van der Waals surface area contributed by atoms with Crippen LogP contribution in [0.1, 0.15) is 25.8 Å². The molecule has 0 heterocycles. The number of halogens is 1. The van der Waals surface area contributed by atoms with Gasteiger partial charge in [0.25, 0.3) is 0 Å². The summed E-state index contributed by atoms with van der Waals surface area (Å²) in [4.78, 5) is 25.3. The van der Waals surface area contributed by atoms with Crippen molar-refractivity contribution in [3.63, 3.8) is 0 Å². The van der Waals surface area contributed by atoms with Crippen LogP contribution in [0.25, 0.3) is 0 Å². The molecule has 0 radical (unpaired) electrons. The first-order valence-corrected chi connectivity index (χ1v) is 8.56. The van der Waals surface area contributed by atoms with E-state index < -0.39 is 11.9 Å². The number of ether oxygens (including phenoxy) is 1. The lowest BCUT2D eigenvalue weighted by Crippen LogP contribution is -2.39. The number of hydrogen-bond acceptors (Lipinski definition) is 3. The van der Waals surface area contributed by atoms with Crippen molar-refractivity contribution in [3.8, 4) is 0 Å². The molecule has 1 rings (SSSR count). The van der Waals surface area contributed by atoms with Gasteiger partial charge in [0.05, 0.1) is 12.3 Å². The van der Waals surface area contributed by atoms with E-state index in [9.17, 15) is 9.59 Å². The van der Waals surface area contributed by atoms with Crippen molar-refractivity contribution in [1.29, 1.82) is 0 Å². The van der Waals surface area contributed by atoms with Gasteiger partial charge in [-0.3, -0.25) is 9.59 Å². The van der Waals surface area contributed by atoms with Crippen LogP contribution < -0.4 is 0 Å². The predicted molar refractivity (Wildman–Crippen MR) is 92.3 cm³/mol. The van der Waals surface area contributed by atoms with Crippen molar-refractivity contribution in [1.82, 2.24) is 4.90 Å². The second kappa shape index (κ2) is 10.4. The number of benzene rings is 1. The Labute approximate surface area is 145 Å². The molecule has 0 saturated carbocycles. The molecule has 0 bridgehead atoms. The molecule has 0 aliphatic carbocycles. The number of nitrogens with zero attached hydrogens (tertiary/aromatic N) is 1. The molecule has 1 unspecified atom stereocenters. The number of hydrogen-bond donors (Lipinski definition) is 1. The second-order valence-corrected chi connectivity index (χ2v) is 6.25. The summed E-state index contributed by atoms with van der Waals surface area (Å²) in [7, 11) is 0. The van der Waals surface area contributed by atoms with Crippen LogP contribution in [0.3, 0.4) is 0 Å². The molecule has 1 aromatic carbocycles. The highest BCUT2D eigenvalue weighted by Gasteiger charge is 2.21. The molecule has 0 spiro atoms. The average Bonchev–Trinajstić information content (AvgIpc) is 2.52. The maximum Gasteiger partial charge on any atom is 0.308 e. The van der Waals surface area contributed by atoms with E-state index in [4.69, 9.17) is 9.84 Å². The molecule has 1 amide bonds. The fourth-order valence-corrected chi connectivity index (χ4v) is 2.57. The van der Waals surface area contributed by atoms with Crippen LogP contribution >= 0.6 is 15.9 Å². The fraction of sp³-hybridized carbons (Fsp3) is 0.529. The van der Waals surface area contributed by atoms with Crippen molar-refractivity contribution in [2.24, 2.45) is 5.92 Å².